The number of hydrogen-bond acceptors (Lipinski definition) is 7. The number of hydrogen-bond donors (Lipinski definition) is 3. The maximum atomic E-state index is 13.3. The first-order chi connectivity index (χ1) is 13.5. The van der Waals surface area contributed by atoms with Crippen LogP contribution in [0.5, 0.6) is 0 Å². The van der Waals surface area contributed by atoms with E-state index in [0.717, 1.165) is 16.8 Å². The Bertz CT molecular complexity index is 1000. The monoisotopic (exact) mass is 379 g/mol. The van der Waals surface area contributed by atoms with Gasteiger partial charge in [-0.3, -0.25) is 0 Å². The van der Waals surface area contributed by atoms with Crippen LogP contribution in [-0.4, -0.2) is 38.2 Å². The van der Waals surface area contributed by atoms with E-state index in [9.17, 15) is 14.4 Å². The molecular weight excluding hydrogens is 360 g/mol. The summed E-state index contributed by atoms with van der Waals surface area (Å²) in [5.74, 6) is 0.556. The fraction of sp³-hybridized carbons (Fsp3) is 0.211. The lowest BCUT2D eigenvalue weighted by molar-refractivity contribution is 0.425. The molecule has 28 heavy (non-hydrogen) atoms. The largest absolute Gasteiger partial charge is 0.488 e. The Morgan fingerprint density at radius 1 is 1.21 bits per heavy atom. The summed E-state index contributed by atoms with van der Waals surface area (Å²) in [4.78, 5) is 14.9. The van der Waals surface area contributed by atoms with Gasteiger partial charge in [0.1, 0.15) is 12.1 Å². The van der Waals surface area contributed by atoms with Gasteiger partial charge in [-0.05, 0) is 48.1 Å². The lowest BCUT2D eigenvalue weighted by atomic mass is 9.76. The highest BCUT2D eigenvalue weighted by Gasteiger charge is 2.33. The van der Waals surface area contributed by atoms with Gasteiger partial charge in [0.05, 0.1) is 0 Å². The molecule has 0 saturated carbocycles. The molecule has 7 nitrogen and oxygen atoms in total. The third-order valence-corrected chi connectivity index (χ3v) is 4.78. The summed E-state index contributed by atoms with van der Waals surface area (Å²) in [7, 11) is -1.52. The Morgan fingerprint density at radius 3 is 2.82 bits per heavy atom. The number of halogens is 1. The third-order valence-electron chi connectivity index (χ3n) is 4.78. The third kappa shape index (κ3) is 3.54. The molecule has 0 radical (unpaired) electrons. The molecule has 0 saturated heterocycles. The van der Waals surface area contributed by atoms with E-state index >= 15 is 0 Å². The van der Waals surface area contributed by atoms with Crippen LogP contribution < -0.4 is 15.7 Å². The summed E-state index contributed by atoms with van der Waals surface area (Å²) in [6.07, 6.45) is 2.08. The molecule has 3 aromatic rings. The molecule has 1 unspecified atom stereocenters. The standard InChI is InChI=1S/C19H19BFN5O2/c1-12-8-15-16(20(27)28)6-3-7-17(15)26(12)19-24-11-23-18(25-19)22-10-13-4-2-5-14(21)9-13/h2-7,9,11-12,27-28H,8,10H2,1H3,(H,22,23,24,25). The van der Waals surface area contributed by atoms with Crippen LogP contribution in [0.1, 0.15) is 18.1 Å². The first-order valence-corrected chi connectivity index (χ1v) is 8.97. The Balaban J connectivity index is 1.59. The summed E-state index contributed by atoms with van der Waals surface area (Å²) >= 11 is 0. The Labute approximate surface area is 162 Å². The molecule has 1 aliphatic rings. The molecule has 0 bridgehead atoms. The lowest BCUT2D eigenvalue weighted by Crippen LogP contribution is -2.32. The van der Waals surface area contributed by atoms with E-state index < -0.39 is 7.12 Å². The molecule has 2 heterocycles. The van der Waals surface area contributed by atoms with Crippen molar-refractivity contribution in [2.45, 2.75) is 25.9 Å². The molecule has 0 fully saturated rings. The van der Waals surface area contributed by atoms with Crippen LogP contribution in [0.2, 0.25) is 0 Å². The molecule has 142 valence electrons. The summed E-state index contributed by atoms with van der Waals surface area (Å²) in [6.45, 7) is 2.41. The van der Waals surface area contributed by atoms with Crippen molar-refractivity contribution in [3.63, 3.8) is 0 Å². The molecule has 1 aliphatic heterocycles. The topological polar surface area (TPSA) is 94.4 Å². The highest BCUT2D eigenvalue weighted by Crippen LogP contribution is 2.35. The Hall–Kier alpha value is -3.04. The normalized spacial score (nSPS) is 15.4. The maximum absolute atomic E-state index is 13.3. The number of fused-ring (bicyclic) bond motifs is 1. The van der Waals surface area contributed by atoms with E-state index in [-0.39, 0.29) is 11.9 Å². The predicted octanol–water partition coefficient (Wildman–Crippen LogP) is 1.39. The zero-order valence-corrected chi connectivity index (χ0v) is 15.2. The van der Waals surface area contributed by atoms with E-state index in [2.05, 4.69) is 20.3 Å². The van der Waals surface area contributed by atoms with Crippen LogP contribution in [0.3, 0.4) is 0 Å². The van der Waals surface area contributed by atoms with Crippen molar-refractivity contribution in [1.29, 1.82) is 0 Å². The highest BCUT2D eigenvalue weighted by molar-refractivity contribution is 6.59. The first-order valence-electron chi connectivity index (χ1n) is 8.97. The van der Waals surface area contributed by atoms with Crippen molar-refractivity contribution in [3.05, 3.63) is 65.7 Å². The van der Waals surface area contributed by atoms with E-state index in [1.165, 1.54) is 18.5 Å². The molecule has 4 rings (SSSR count). The second kappa shape index (κ2) is 7.53. The first kappa shape index (κ1) is 18.3. The van der Waals surface area contributed by atoms with Crippen molar-refractivity contribution in [2.24, 2.45) is 0 Å². The second-order valence-corrected chi connectivity index (χ2v) is 6.73. The summed E-state index contributed by atoms with van der Waals surface area (Å²) in [6, 6.07) is 11.8. The van der Waals surface area contributed by atoms with Crippen molar-refractivity contribution >= 4 is 30.2 Å². The van der Waals surface area contributed by atoms with Gasteiger partial charge in [-0.15, -0.1) is 0 Å². The number of nitrogens with zero attached hydrogens (tertiary/aromatic N) is 4. The van der Waals surface area contributed by atoms with Gasteiger partial charge < -0.3 is 20.3 Å². The van der Waals surface area contributed by atoms with Crippen LogP contribution in [0.25, 0.3) is 0 Å². The zero-order valence-electron chi connectivity index (χ0n) is 15.2. The Kier molecular flexibility index (Phi) is 4.93. The fourth-order valence-electron chi connectivity index (χ4n) is 3.53. The van der Waals surface area contributed by atoms with Crippen LogP contribution in [0, 0.1) is 5.82 Å². The van der Waals surface area contributed by atoms with Crippen LogP contribution in [0.4, 0.5) is 22.0 Å². The van der Waals surface area contributed by atoms with Gasteiger partial charge in [0.15, 0.2) is 0 Å². The molecule has 0 spiro atoms. The second-order valence-electron chi connectivity index (χ2n) is 6.73. The smallest absolute Gasteiger partial charge is 0.423 e. The highest BCUT2D eigenvalue weighted by atomic mass is 19.1. The quantitative estimate of drug-likeness (QED) is 0.577. The van der Waals surface area contributed by atoms with Crippen LogP contribution >= 0.6 is 0 Å². The van der Waals surface area contributed by atoms with Crippen molar-refractivity contribution in [1.82, 2.24) is 15.0 Å². The maximum Gasteiger partial charge on any atom is 0.488 e. The van der Waals surface area contributed by atoms with Gasteiger partial charge in [0.25, 0.3) is 0 Å². The molecule has 1 aromatic heterocycles. The van der Waals surface area contributed by atoms with Crippen LogP contribution in [-0.2, 0) is 13.0 Å². The number of nitrogens with one attached hydrogen (secondary N) is 1. The average molecular weight is 379 g/mol. The van der Waals surface area contributed by atoms with Crippen molar-refractivity contribution in [2.75, 3.05) is 10.2 Å². The number of aromatic nitrogens is 3. The minimum Gasteiger partial charge on any atom is -0.423 e. The van der Waals surface area contributed by atoms with Gasteiger partial charge in [0.2, 0.25) is 11.9 Å². The van der Waals surface area contributed by atoms with Gasteiger partial charge in [-0.25, -0.2) is 14.4 Å². The van der Waals surface area contributed by atoms with Crippen molar-refractivity contribution < 1.29 is 14.4 Å². The average Bonchev–Trinajstić information content (AvgIpc) is 3.02. The molecule has 0 amide bonds. The molecule has 9 heteroatoms. The summed E-state index contributed by atoms with van der Waals surface area (Å²) in [5, 5.41) is 22.3. The molecular formula is C19H19BFN5O2. The minimum atomic E-state index is -1.52. The van der Waals surface area contributed by atoms with E-state index in [1.807, 2.05) is 24.0 Å². The SMILES string of the molecule is CC1Cc2c(B(O)O)cccc2N1c1ncnc(NCc2cccc(F)c2)n1. The molecule has 3 N–H and O–H groups in total. The summed E-state index contributed by atoms with van der Waals surface area (Å²) < 4.78 is 13.3. The molecule has 2 aromatic carbocycles. The van der Waals surface area contributed by atoms with E-state index in [0.29, 0.717) is 30.3 Å². The van der Waals surface area contributed by atoms with Gasteiger partial charge in [-0.2, -0.15) is 4.98 Å². The van der Waals surface area contributed by atoms with E-state index in [1.54, 1.807) is 18.2 Å². The van der Waals surface area contributed by atoms with Gasteiger partial charge in [0, 0.05) is 18.3 Å². The summed E-state index contributed by atoms with van der Waals surface area (Å²) in [5.41, 5.74) is 2.99. The van der Waals surface area contributed by atoms with Gasteiger partial charge in [-0.1, -0.05) is 24.3 Å². The Morgan fingerprint density at radius 2 is 2.04 bits per heavy atom. The minimum absolute atomic E-state index is 0.0494. The molecule has 1 atom stereocenters. The van der Waals surface area contributed by atoms with Crippen molar-refractivity contribution in [3.8, 4) is 0 Å². The predicted molar refractivity (Wildman–Crippen MR) is 105 cm³/mol. The number of rotatable bonds is 5. The molecule has 0 aliphatic carbocycles. The zero-order chi connectivity index (χ0) is 19.7. The fourth-order valence-corrected chi connectivity index (χ4v) is 3.53. The number of anilines is 3. The lowest BCUT2D eigenvalue weighted by Gasteiger charge is -2.22. The van der Waals surface area contributed by atoms with Crippen LogP contribution in [0.15, 0.2) is 48.8 Å². The van der Waals surface area contributed by atoms with E-state index in [4.69, 9.17) is 0 Å². The number of benzene rings is 2. The van der Waals surface area contributed by atoms with Gasteiger partial charge >= 0.3 is 7.12 Å².